The standard InChI is InChI=1S/C23H25N3O/c1-15(2)17-9-8-10-18(14-17)23(4,5)26-22(27)25-21-13-16(3)24-20-12-7-6-11-19(20)21/h6-14H,1H2,2-5H3,(H2,24,25,26,27). The highest BCUT2D eigenvalue weighted by atomic mass is 16.2. The zero-order valence-electron chi connectivity index (χ0n) is 16.3. The summed E-state index contributed by atoms with van der Waals surface area (Å²) < 4.78 is 0. The number of hydrogen-bond acceptors (Lipinski definition) is 2. The van der Waals surface area contributed by atoms with E-state index >= 15 is 0 Å². The summed E-state index contributed by atoms with van der Waals surface area (Å²) in [6.45, 7) is 11.9. The van der Waals surface area contributed by atoms with Gasteiger partial charge in [0.15, 0.2) is 0 Å². The Bertz CT molecular complexity index is 1020. The van der Waals surface area contributed by atoms with Crippen LogP contribution in [-0.4, -0.2) is 11.0 Å². The summed E-state index contributed by atoms with van der Waals surface area (Å²) in [4.78, 5) is 17.2. The molecule has 4 heteroatoms. The minimum absolute atomic E-state index is 0.253. The summed E-state index contributed by atoms with van der Waals surface area (Å²) >= 11 is 0. The van der Waals surface area contributed by atoms with Crippen LogP contribution in [0.5, 0.6) is 0 Å². The van der Waals surface area contributed by atoms with Gasteiger partial charge in [-0.05, 0) is 57.0 Å². The summed E-state index contributed by atoms with van der Waals surface area (Å²) in [5.41, 5.74) is 5.02. The molecule has 0 saturated heterocycles. The van der Waals surface area contributed by atoms with Crippen molar-refractivity contribution in [3.8, 4) is 0 Å². The van der Waals surface area contributed by atoms with Crippen molar-refractivity contribution in [1.82, 2.24) is 10.3 Å². The number of fused-ring (bicyclic) bond motifs is 1. The number of urea groups is 1. The second kappa shape index (κ2) is 7.23. The number of allylic oxidation sites excluding steroid dienone is 1. The third kappa shape index (κ3) is 4.17. The van der Waals surface area contributed by atoms with Crippen LogP contribution in [0, 0.1) is 6.92 Å². The quantitative estimate of drug-likeness (QED) is 0.634. The Morgan fingerprint density at radius 1 is 1.07 bits per heavy atom. The van der Waals surface area contributed by atoms with Gasteiger partial charge in [-0.3, -0.25) is 4.98 Å². The molecule has 1 heterocycles. The smallest absolute Gasteiger partial charge is 0.319 e. The number of para-hydroxylation sites is 1. The normalized spacial score (nSPS) is 11.3. The number of benzene rings is 2. The molecule has 2 aromatic carbocycles. The Balaban J connectivity index is 1.83. The molecule has 0 spiro atoms. The van der Waals surface area contributed by atoms with Gasteiger partial charge in [0.05, 0.1) is 16.7 Å². The number of nitrogens with one attached hydrogen (secondary N) is 2. The van der Waals surface area contributed by atoms with Gasteiger partial charge in [0, 0.05) is 11.1 Å². The third-order valence-corrected chi connectivity index (χ3v) is 4.60. The van der Waals surface area contributed by atoms with E-state index in [4.69, 9.17) is 0 Å². The van der Waals surface area contributed by atoms with Crippen LogP contribution in [-0.2, 0) is 5.54 Å². The molecular formula is C23H25N3O. The summed E-state index contributed by atoms with van der Waals surface area (Å²) in [7, 11) is 0. The van der Waals surface area contributed by atoms with Crippen molar-refractivity contribution in [2.24, 2.45) is 0 Å². The van der Waals surface area contributed by atoms with E-state index in [-0.39, 0.29) is 6.03 Å². The van der Waals surface area contributed by atoms with Gasteiger partial charge in [-0.25, -0.2) is 4.79 Å². The molecule has 0 atom stereocenters. The van der Waals surface area contributed by atoms with Crippen LogP contribution >= 0.6 is 0 Å². The van der Waals surface area contributed by atoms with Crippen molar-refractivity contribution in [3.63, 3.8) is 0 Å². The van der Waals surface area contributed by atoms with Gasteiger partial charge in [-0.1, -0.05) is 48.6 Å². The summed E-state index contributed by atoms with van der Waals surface area (Å²) in [6, 6.07) is 17.5. The molecule has 27 heavy (non-hydrogen) atoms. The number of pyridine rings is 1. The predicted octanol–water partition coefficient (Wildman–Crippen LogP) is 5.63. The third-order valence-electron chi connectivity index (χ3n) is 4.60. The van der Waals surface area contributed by atoms with Crippen molar-refractivity contribution < 1.29 is 4.79 Å². The van der Waals surface area contributed by atoms with Crippen LogP contribution in [0.15, 0.2) is 61.2 Å². The Morgan fingerprint density at radius 3 is 2.56 bits per heavy atom. The highest BCUT2D eigenvalue weighted by Gasteiger charge is 2.23. The summed E-state index contributed by atoms with van der Waals surface area (Å²) in [5.74, 6) is 0. The summed E-state index contributed by atoms with van der Waals surface area (Å²) in [5, 5.41) is 6.97. The molecule has 0 fully saturated rings. The van der Waals surface area contributed by atoms with E-state index in [0.29, 0.717) is 0 Å². The first-order chi connectivity index (χ1) is 12.8. The van der Waals surface area contributed by atoms with Gasteiger partial charge in [0.25, 0.3) is 0 Å². The maximum Gasteiger partial charge on any atom is 0.319 e. The number of nitrogens with zero attached hydrogens (tertiary/aromatic N) is 1. The average Bonchev–Trinajstić information content (AvgIpc) is 2.61. The fourth-order valence-corrected chi connectivity index (χ4v) is 3.09. The van der Waals surface area contributed by atoms with Crippen LogP contribution in [0.25, 0.3) is 16.5 Å². The molecule has 4 nitrogen and oxygen atoms in total. The van der Waals surface area contributed by atoms with Gasteiger partial charge >= 0.3 is 6.03 Å². The first-order valence-corrected chi connectivity index (χ1v) is 8.98. The molecule has 2 N–H and O–H groups in total. The van der Waals surface area contributed by atoms with Crippen molar-refractivity contribution in [3.05, 3.63) is 78.0 Å². The molecule has 0 bridgehead atoms. The molecule has 0 aliphatic carbocycles. The minimum Gasteiger partial charge on any atom is -0.329 e. The SMILES string of the molecule is C=C(C)c1cccc(C(C)(C)NC(=O)Nc2cc(C)nc3ccccc23)c1. The maximum atomic E-state index is 12.7. The van der Waals surface area contributed by atoms with Gasteiger partial charge in [0.1, 0.15) is 0 Å². The second-order valence-corrected chi connectivity index (χ2v) is 7.39. The molecule has 3 aromatic rings. The molecule has 0 aliphatic rings. The van der Waals surface area contributed by atoms with E-state index in [2.05, 4.69) is 28.3 Å². The number of hydrogen-bond donors (Lipinski definition) is 2. The number of aromatic nitrogens is 1. The van der Waals surface area contributed by atoms with Gasteiger partial charge in [-0.15, -0.1) is 0 Å². The van der Waals surface area contributed by atoms with Gasteiger partial charge < -0.3 is 10.6 Å². The Kier molecular flexibility index (Phi) is 5.00. The van der Waals surface area contributed by atoms with Crippen LogP contribution < -0.4 is 10.6 Å². The van der Waals surface area contributed by atoms with E-state index in [9.17, 15) is 4.79 Å². The lowest BCUT2D eigenvalue weighted by molar-refractivity contribution is 0.242. The highest BCUT2D eigenvalue weighted by Crippen LogP contribution is 2.25. The van der Waals surface area contributed by atoms with Crippen molar-refractivity contribution in [2.75, 3.05) is 5.32 Å². The Hall–Kier alpha value is -3.14. The fraction of sp³-hybridized carbons (Fsp3) is 0.217. The number of rotatable bonds is 4. The van der Waals surface area contributed by atoms with Crippen molar-refractivity contribution >= 4 is 28.2 Å². The fourth-order valence-electron chi connectivity index (χ4n) is 3.09. The molecule has 138 valence electrons. The second-order valence-electron chi connectivity index (χ2n) is 7.39. The number of carbonyl (C=O) groups excluding carboxylic acids is 1. The van der Waals surface area contributed by atoms with E-state index in [1.165, 1.54) is 0 Å². The van der Waals surface area contributed by atoms with Gasteiger partial charge in [0.2, 0.25) is 0 Å². The van der Waals surface area contributed by atoms with Crippen molar-refractivity contribution in [2.45, 2.75) is 33.2 Å². The number of anilines is 1. The number of carbonyl (C=O) groups is 1. The van der Waals surface area contributed by atoms with E-state index in [1.807, 2.05) is 76.2 Å². The molecule has 0 aliphatic heterocycles. The lowest BCUT2D eigenvalue weighted by Gasteiger charge is -2.27. The predicted molar refractivity (Wildman–Crippen MR) is 113 cm³/mol. The molecule has 2 amide bonds. The zero-order chi connectivity index (χ0) is 19.6. The first kappa shape index (κ1) is 18.6. The largest absolute Gasteiger partial charge is 0.329 e. The first-order valence-electron chi connectivity index (χ1n) is 8.98. The molecule has 0 radical (unpaired) electrons. The van der Waals surface area contributed by atoms with Crippen LogP contribution in [0.3, 0.4) is 0 Å². The molecule has 0 unspecified atom stereocenters. The zero-order valence-corrected chi connectivity index (χ0v) is 16.3. The molecule has 3 rings (SSSR count). The van der Waals surface area contributed by atoms with E-state index in [1.54, 1.807) is 0 Å². The lowest BCUT2D eigenvalue weighted by Crippen LogP contribution is -2.43. The Labute approximate surface area is 160 Å². The average molecular weight is 359 g/mol. The van der Waals surface area contributed by atoms with Crippen LogP contribution in [0.4, 0.5) is 10.5 Å². The highest BCUT2D eigenvalue weighted by molar-refractivity contribution is 6.00. The molecule has 1 aromatic heterocycles. The number of aryl methyl sites for hydroxylation is 1. The molecule has 0 saturated carbocycles. The maximum absolute atomic E-state index is 12.7. The van der Waals surface area contributed by atoms with Crippen LogP contribution in [0.1, 0.15) is 37.6 Å². The molecular weight excluding hydrogens is 334 g/mol. The minimum atomic E-state index is -0.534. The monoisotopic (exact) mass is 359 g/mol. The summed E-state index contributed by atoms with van der Waals surface area (Å²) in [6.07, 6.45) is 0. The van der Waals surface area contributed by atoms with Crippen LogP contribution in [0.2, 0.25) is 0 Å². The van der Waals surface area contributed by atoms with Gasteiger partial charge in [-0.2, -0.15) is 0 Å². The lowest BCUT2D eigenvalue weighted by atomic mass is 9.92. The van der Waals surface area contributed by atoms with E-state index in [0.717, 1.165) is 39.0 Å². The van der Waals surface area contributed by atoms with E-state index < -0.39 is 5.54 Å². The Morgan fingerprint density at radius 2 is 1.81 bits per heavy atom. The number of amides is 2. The van der Waals surface area contributed by atoms with Crippen molar-refractivity contribution in [1.29, 1.82) is 0 Å². The topological polar surface area (TPSA) is 54.0 Å².